The predicted octanol–water partition coefficient (Wildman–Crippen LogP) is 2.04. The highest BCUT2D eigenvalue weighted by Crippen LogP contribution is 2.41. The summed E-state index contributed by atoms with van der Waals surface area (Å²) in [5.41, 5.74) is 6.78. The van der Waals surface area contributed by atoms with E-state index < -0.39 is 24.5 Å². The number of likely N-dealkylation sites (N-methyl/N-ethyl adjacent to an activating group) is 1. The molecule has 2 N–H and O–H groups in total. The molecule has 1 aliphatic carbocycles. The summed E-state index contributed by atoms with van der Waals surface area (Å²) in [6.45, 7) is 2.81. The molecule has 1 aromatic rings. The molecular formula is C22H35Cl2N7O6S2. The zero-order valence-corrected chi connectivity index (χ0v) is 25.3. The van der Waals surface area contributed by atoms with E-state index in [4.69, 9.17) is 19.9 Å². The topological polar surface area (TPSA) is 155 Å². The number of thioether (sulfide) groups is 2. The van der Waals surface area contributed by atoms with Gasteiger partial charge in [0, 0.05) is 25.0 Å². The number of nitrogens with two attached hydrogens (primary N) is 1. The van der Waals surface area contributed by atoms with Gasteiger partial charge in [-0.05, 0) is 55.8 Å². The van der Waals surface area contributed by atoms with E-state index in [2.05, 4.69) is 15.5 Å². The molecular weight excluding hydrogens is 593 g/mol. The van der Waals surface area contributed by atoms with Gasteiger partial charge in [-0.2, -0.15) is 0 Å². The fourth-order valence-corrected chi connectivity index (χ4v) is 6.61. The average Bonchev–Trinajstić information content (AvgIpc) is 3.32. The first kappa shape index (κ1) is 33.4. The number of esters is 1. The van der Waals surface area contributed by atoms with Gasteiger partial charge in [0.1, 0.15) is 23.2 Å². The number of amides is 1. The number of fused-ring (bicyclic) bond motifs is 1. The molecule has 3 aliphatic rings. The van der Waals surface area contributed by atoms with Crippen LogP contribution in [-0.4, -0.2) is 104 Å². The predicted molar refractivity (Wildman–Crippen MR) is 150 cm³/mol. The van der Waals surface area contributed by atoms with Gasteiger partial charge in [0.25, 0.3) is 0 Å². The molecule has 13 nitrogen and oxygen atoms in total. The lowest BCUT2D eigenvalue weighted by Crippen LogP contribution is -2.68. The molecule has 17 heteroatoms. The molecule has 2 aliphatic heterocycles. The van der Waals surface area contributed by atoms with Gasteiger partial charge in [-0.1, -0.05) is 18.2 Å². The standard InChI is InChI=1S/C22H33N7O6S2.2ClH/c1-13(34-22(32)35-15-7-5-4-6-8-15)33-20(31)17-14(11-36-19-16(23)18(30)29(17)19)12-37-21-24-25-26-28(21)10-9-27(2)3;;/h13,15-16,19H,4-12,23H2,1-3H3;2*1H/t13?,16-,19-;;/m1../s1. The van der Waals surface area contributed by atoms with Crippen LogP contribution < -0.4 is 5.73 Å². The lowest BCUT2D eigenvalue weighted by atomic mass is 9.98. The molecule has 39 heavy (non-hydrogen) atoms. The summed E-state index contributed by atoms with van der Waals surface area (Å²) in [5.74, 6) is -0.263. The minimum atomic E-state index is -1.19. The Kier molecular flexibility index (Phi) is 13.1. The third kappa shape index (κ3) is 8.36. The Balaban J connectivity index is 0.00000267. The summed E-state index contributed by atoms with van der Waals surface area (Å²) in [7, 11) is 3.93. The van der Waals surface area contributed by atoms with Gasteiger partial charge in [0.2, 0.25) is 17.4 Å². The Morgan fingerprint density at radius 2 is 1.92 bits per heavy atom. The van der Waals surface area contributed by atoms with Gasteiger partial charge in [-0.25, -0.2) is 14.3 Å². The van der Waals surface area contributed by atoms with Gasteiger partial charge in [0.15, 0.2) is 0 Å². The molecule has 0 spiro atoms. The first-order valence-corrected chi connectivity index (χ1v) is 14.3. The van der Waals surface area contributed by atoms with Crippen molar-refractivity contribution in [2.75, 3.05) is 32.1 Å². The SMILES string of the molecule is CC(OC(=O)OC1CCCCC1)OC(=O)C1=C(CSc2nnnn2CCN(C)C)CS[C@@H]2[C@H](N)C(=O)N12.Cl.Cl. The maximum atomic E-state index is 13.2. The molecule has 2 fully saturated rings. The van der Waals surface area contributed by atoms with Crippen LogP contribution in [0.5, 0.6) is 0 Å². The van der Waals surface area contributed by atoms with Crippen molar-refractivity contribution >= 4 is 66.4 Å². The van der Waals surface area contributed by atoms with Gasteiger partial charge in [-0.15, -0.1) is 41.7 Å². The molecule has 3 heterocycles. The Bertz CT molecular complexity index is 1040. The van der Waals surface area contributed by atoms with Gasteiger partial charge in [0.05, 0.1) is 6.54 Å². The van der Waals surface area contributed by atoms with E-state index in [-0.39, 0.29) is 47.9 Å². The van der Waals surface area contributed by atoms with Crippen molar-refractivity contribution in [3.63, 3.8) is 0 Å². The molecule has 0 bridgehead atoms. The van der Waals surface area contributed by atoms with Crippen molar-refractivity contribution in [1.82, 2.24) is 30.0 Å². The fourth-order valence-electron chi connectivity index (χ4n) is 4.28. The van der Waals surface area contributed by atoms with Crippen LogP contribution in [0.3, 0.4) is 0 Å². The second kappa shape index (κ2) is 15.3. The quantitative estimate of drug-likeness (QED) is 0.174. The van der Waals surface area contributed by atoms with Crippen molar-refractivity contribution in [1.29, 1.82) is 0 Å². The molecule has 3 atom stereocenters. The third-order valence-electron chi connectivity index (χ3n) is 6.27. The summed E-state index contributed by atoms with van der Waals surface area (Å²) < 4.78 is 17.6. The number of carbonyl (C=O) groups is 3. The van der Waals surface area contributed by atoms with Crippen molar-refractivity contribution in [2.45, 2.75) is 74.5 Å². The average molecular weight is 629 g/mol. The van der Waals surface area contributed by atoms with E-state index >= 15 is 0 Å². The first-order valence-electron chi connectivity index (χ1n) is 12.3. The highest BCUT2D eigenvalue weighted by molar-refractivity contribution is 8.01. The maximum Gasteiger partial charge on any atom is 0.511 e. The minimum absolute atomic E-state index is 0. The zero-order chi connectivity index (χ0) is 26.5. The number of rotatable bonds is 10. The molecule has 1 aromatic heterocycles. The van der Waals surface area contributed by atoms with Gasteiger partial charge >= 0.3 is 12.1 Å². The van der Waals surface area contributed by atoms with Crippen molar-refractivity contribution < 1.29 is 28.6 Å². The van der Waals surface area contributed by atoms with Crippen LogP contribution >= 0.6 is 48.3 Å². The molecule has 1 unspecified atom stereocenters. The Morgan fingerprint density at radius 1 is 1.21 bits per heavy atom. The number of aromatic nitrogens is 4. The fraction of sp³-hybridized carbons (Fsp3) is 0.727. The number of nitrogens with zero attached hydrogens (tertiary/aromatic N) is 6. The second-order valence-corrected chi connectivity index (χ2v) is 11.4. The lowest BCUT2D eigenvalue weighted by Gasteiger charge is -2.48. The largest absolute Gasteiger partial charge is 0.511 e. The van der Waals surface area contributed by atoms with Crippen LogP contribution in [0.4, 0.5) is 4.79 Å². The number of carbonyl (C=O) groups excluding carboxylic acids is 3. The Morgan fingerprint density at radius 3 is 2.62 bits per heavy atom. The second-order valence-electron chi connectivity index (χ2n) is 9.38. The number of ether oxygens (including phenoxy) is 3. The van der Waals surface area contributed by atoms with Gasteiger partial charge < -0.3 is 24.8 Å². The van der Waals surface area contributed by atoms with Crippen molar-refractivity contribution in [3.8, 4) is 0 Å². The summed E-state index contributed by atoms with van der Waals surface area (Å²) in [6.07, 6.45) is 2.48. The van der Waals surface area contributed by atoms with E-state index in [0.29, 0.717) is 28.8 Å². The number of halogens is 2. The summed E-state index contributed by atoms with van der Waals surface area (Å²) in [4.78, 5) is 41.4. The van der Waals surface area contributed by atoms with E-state index in [1.807, 2.05) is 19.0 Å². The molecule has 1 saturated carbocycles. The lowest BCUT2D eigenvalue weighted by molar-refractivity contribution is -0.169. The third-order valence-corrected chi connectivity index (χ3v) is 8.67. The van der Waals surface area contributed by atoms with Crippen LogP contribution in [0.15, 0.2) is 16.4 Å². The summed E-state index contributed by atoms with van der Waals surface area (Å²) >= 11 is 2.86. The normalized spacial score (nSPS) is 21.8. The van der Waals surface area contributed by atoms with E-state index in [9.17, 15) is 14.4 Å². The number of tetrazole rings is 1. The molecule has 0 radical (unpaired) electrons. The molecule has 0 aromatic carbocycles. The van der Waals surface area contributed by atoms with Crippen molar-refractivity contribution in [3.05, 3.63) is 11.3 Å². The van der Waals surface area contributed by atoms with Crippen LogP contribution in [0.2, 0.25) is 0 Å². The highest BCUT2D eigenvalue weighted by atomic mass is 35.5. The maximum absolute atomic E-state index is 13.2. The Hall–Kier alpha value is -1.78. The number of hydrogen-bond donors (Lipinski definition) is 1. The first-order chi connectivity index (χ1) is 17.7. The number of β-lactam (4-membered cyclic amide) rings is 1. The summed E-state index contributed by atoms with van der Waals surface area (Å²) in [5, 5.41) is 12.1. The van der Waals surface area contributed by atoms with Crippen molar-refractivity contribution in [2.24, 2.45) is 5.73 Å². The highest BCUT2D eigenvalue weighted by Gasteiger charge is 2.52. The molecule has 1 saturated heterocycles. The number of hydrogen-bond acceptors (Lipinski definition) is 13. The smallest absolute Gasteiger partial charge is 0.431 e. The van der Waals surface area contributed by atoms with Crippen LogP contribution in [0.25, 0.3) is 0 Å². The van der Waals surface area contributed by atoms with Crippen LogP contribution in [-0.2, 0) is 30.3 Å². The van der Waals surface area contributed by atoms with Gasteiger partial charge in [-0.3, -0.25) is 9.69 Å². The monoisotopic (exact) mass is 627 g/mol. The molecule has 1 amide bonds. The Labute approximate surface area is 248 Å². The summed E-state index contributed by atoms with van der Waals surface area (Å²) in [6, 6.07) is -0.681. The minimum Gasteiger partial charge on any atom is -0.431 e. The van der Waals surface area contributed by atoms with Crippen LogP contribution in [0.1, 0.15) is 39.0 Å². The van der Waals surface area contributed by atoms with E-state index in [0.717, 1.165) is 38.6 Å². The molecule has 4 rings (SSSR count). The van der Waals surface area contributed by atoms with E-state index in [1.165, 1.54) is 35.3 Å². The van der Waals surface area contributed by atoms with E-state index in [1.54, 1.807) is 4.68 Å². The molecule has 220 valence electrons. The van der Waals surface area contributed by atoms with Crippen LogP contribution in [0, 0.1) is 0 Å². The zero-order valence-electron chi connectivity index (χ0n) is 22.0.